The highest BCUT2D eigenvalue weighted by Gasteiger charge is 2.14. The second-order valence-electron chi connectivity index (χ2n) is 3.87. The normalized spacial score (nSPS) is 14.9. The van der Waals surface area contributed by atoms with E-state index in [9.17, 15) is 0 Å². The van der Waals surface area contributed by atoms with Gasteiger partial charge in [-0.15, -0.1) is 0 Å². The van der Waals surface area contributed by atoms with Crippen LogP contribution >= 0.6 is 15.9 Å². The largest absolute Gasteiger partial charge is 0.372 e. The summed E-state index contributed by atoms with van der Waals surface area (Å²) in [5, 5.41) is 0.912. The molecule has 2 atom stereocenters. The SMILES string of the molecule is CCC(C)C(CBr)OCc1ccccc1. The van der Waals surface area contributed by atoms with Crippen LogP contribution in [-0.2, 0) is 11.3 Å². The molecular formula is C13H19BrO. The van der Waals surface area contributed by atoms with Crippen LogP contribution in [-0.4, -0.2) is 11.4 Å². The lowest BCUT2D eigenvalue weighted by atomic mass is 10.0. The lowest BCUT2D eigenvalue weighted by Crippen LogP contribution is -2.22. The van der Waals surface area contributed by atoms with E-state index in [1.165, 1.54) is 5.56 Å². The van der Waals surface area contributed by atoms with Crippen molar-refractivity contribution in [1.82, 2.24) is 0 Å². The molecule has 2 heteroatoms. The van der Waals surface area contributed by atoms with Crippen LogP contribution in [0.4, 0.5) is 0 Å². The molecule has 0 amide bonds. The van der Waals surface area contributed by atoms with E-state index in [4.69, 9.17) is 4.74 Å². The van der Waals surface area contributed by atoms with Crippen LogP contribution in [0, 0.1) is 5.92 Å². The molecule has 84 valence electrons. The molecule has 0 aliphatic rings. The van der Waals surface area contributed by atoms with Crippen molar-refractivity contribution < 1.29 is 4.74 Å². The number of rotatable bonds is 6. The van der Waals surface area contributed by atoms with Gasteiger partial charge in [0.25, 0.3) is 0 Å². The Kier molecular flexibility index (Phi) is 5.96. The first kappa shape index (κ1) is 12.7. The van der Waals surface area contributed by atoms with Gasteiger partial charge < -0.3 is 4.74 Å². The molecule has 1 nitrogen and oxygen atoms in total. The van der Waals surface area contributed by atoms with Crippen molar-refractivity contribution in [2.45, 2.75) is 33.0 Å². The monoisotopic (exact) mass is 270 g/mol. The van der Waals surface area contributed by atoms with Crippen molar-refractivity contribution in [2.24, 2.45) is 5.92 Å². The van der Waals surface area contributed by atoms with Crippen LogP contribution in [0.3, 0.4) is 0 Å². The van der Waals surface area contributed by atoms with Crippen molar-refractivity contribution >= 4 is 15.9 Å². The standard InChI is InChI=1S/C13H19BrO/c1-3-11(2)13(9-14)15-10-12-7-5-4-6-8-12/h4-8,11,13H,3,9-10H2,1-2H3. The van der Waals surface area contributed by atoms with Crippen LogP contribution in [0.25, 0.3) is 0 Å². The molecule has 1 aromatic carbocycles. The predicted octanol–water partition coefficient (Wildman–Crippen LogP) is 4.01. The van der Waals surface area contributed by atoms with Crippen LogP contribution in [0.15, 0.2) is 30.3 Å². The highest BCUT2D eigenvalue weighted by molar-refractivity contribution is 9.09. The summed E-state index contributed by atoms with van der Waals surface area (Å²) in [7, 11) is 0. The van der Waals surface area contributed by atoms with Gasteiger partial charge in [-0.05, 0) is 11.5 Å². The van der Waals surface area contributed by atoms with Crippen molar-refractivity contribution in [3.05, 3.63) is 35.9 Å². The van der Waals surface area contributed by atoms with E-state index < -0.39 is 0 Å². The molecule has 0 aliphatic carbocycles. The van der Waals surface area contributed by atoms with E-state index in [2.05, 4.69) is 41.9 Å². The number of ether oxygens (including phenoxy) is 1. The van der Waals surface area contributed by atoms with Crippen LogP contribution in [0.2, 0.25) is 0 Å². The smallest absolute Gasteiger partial charge is 0.0721 e. The fraction of sp³-hybridized carbons (Fsp3) is 0.538. The predicted molar refractivity (Wildman–Crippen MR) is 68.3 cm³/mol. The van der Waals surface area contributed by atoms with Gasteiger partial charge >= 0.3 is 0 Å². The maximum atomic E-state index is 5.88. The van der Waals surface area contributed by atoms with E-state index in [-0.39, 0.29) is 0 Å². The van der Waals surface area contributed by atoms with Gasteiger partial charge in [-0.25, -0.2) is 0 Å². The summed E-state index contributed by atoms with van der Waals surface area (Å²) in [4.78, 5) is 0. The molecule has 1 aromatic rings. The maximum absolute atomic E-state index is 5.88. The highest BCUT2D eigenvalue weighted by atomic mass is 79.9. The van der Waals surface area contributed by atoms with Crippen LogP contribution in [0.1, 0.15) is 25.8 Å². The summed E-state index contributed by atoms with van der Waals surface area (Å²) in [5.41, 5.74) is 1.24. The zero-order valence-electron chi connectivity index (χ0n) is 9.45. The Bertz CT molecular complexity index is 260. The van der Waals surface area contributed by atoms with E-state index in [1.54, 1.807) is 0 Å². The Balaban J connectivity index is 2.41. The van der Waals surface area contributed by atoms with Crippen molar-refractivity contribution in [3.8, 4) is 0 Å². The minimum atomic E-state index is 0.315. The van der Waals surface area contributed by atoms with Gasteiger partial charge in [0.05, 0.1) is 12.7 Å². The Hall–Kier alpha value is -0.340. The van der Waals surface area contributed by atoms with Crippen molar-refractivity contribution in [1.29, 1.82) is 0 Å². The summed E-state index contributed by atoms with van der Waals surface area (Å²) in [6, 6.07) is 10.3. The third-order valence-electron chi connectivity index (χ3n) is 2.74. The van der Waals surface area contributed by atoms with Crippen LogP contribution in [0.5, 0.6) is 0 Å². The molecule has 0 spiro atoms. The summed E-state index contributed by atoms with van der Waals surface area (Å²) in [6.45, 7) is 5.14. The Labute approximate surface area is 101 Å². The minimum Gasteiger partial charge on any atom is -0.372 e. The van der Waals surface area contributed by atoms with Gasteiger partial charge in [-0.2, -0.15) is 0 Å². The highest BCUT2D eigenvalue weighted by Crippen LogP contribution is 2.15. The Morgan fingerprint density at radius 2 is 1.93 bits per heavy atom. The first-order valence-corrected chi connectivity index (χ1v) is 6.61. The molecule has 0 bridgehead atoms. The average Bonchev–Trinajstić information content (AvgIpc) is 2.31. The van der Waals surface area contributed by atoms with E-state index in [0.717, 1.165) is 11.8 Å². The first-order chi connectivity index (χ1) is 7.27. The average molecular weight is 271 g/mol. The summed E-state index contributed by atoms with van der Waals surface area (Å²) in [6.07, 6.45) is 1.47. The number of halogens is 1. The second-order valence-corrected chi connectivity index (χ2v) is 4.52. The van der Waals surface area contributed by atoms with Gasteiger partial charge in [0.2, 0.25) is 0 Å². The maximum Gasteiger partial charge on any atom is 0.0721 e. The molecule has 2 unspecified atom stereocenters. The number of hydrogen-bond acceptors (Lipinski definition) is 1. The minimum absolute atomic E-state index is 0.315. The zero-order valence-corrected chi connectivity index (χ0v) is 11.0. The van der Waals surface area contributed by atoms with Gasteiger partial charge in [0.15, 0.2) is 0 Å². The fourth-order valence-corrected chi connectivity index (χ4v) is 2.23. The Morgan fingerprint density at radius 1 is 1.27 bits per heavy atom. The molecule has 1 rings (SSSR count). The molecule has 0 aromatic heterocycles. The molecule has 0 fully saturated rings. The Morgan fingerprint density at radius 3 is 2.47 bits per heavy atom. The molecule has 0 heterocycles. The summed E-state index contributed by atoms with van der Waals surface area (Å²) >= 11 is 3.51. The first-order valence-electron chi connectivity index (χ1n) is 5.49. The molecule has 0 aliphatic heterocycles. The quantitative estimate of drug-likeness (QED) is 0.710. The molecule has 0 radical (unpaired) electrons. The van der Waals surface area contributed by atoms with E-state index >= 15 is 0 Å². The molecule has 0 saturated heterocycles. The van der Waals surface area contributed by atoms with Gasteiger partial charge in [-0.1, -0.05) is 66.5 Å². The topological polar surface area (TPSA) is 9.23 Å². The van der Waals surface area contributed by atoms with Crippen LogP contribution < -0.4 is 0 Å². The molecule has 15 heavy (non-hydrogen) atoms. The third-order valence-corrected chi connectivity index (χ3v) is 3.38. The van der Waals surface area contributed by atoms with Crippen molar-refractivity contribution in [2.75, 3.05) is 5.33 Å². The van der Waals surface area contributed by atoms with Gasteiger partial charge in [0, 0.05) is 5.33 Å². The van der Waals surface area contributed by atoms with Gasteiger partial charge in [0.1, 0.15) is 0 Å². The van der Waals surface area contributed by atoms with E-state index in [1.807, 2.05) is 18.2 Å². The number of hydrogen-bond donors (Lipinski definition) is 0. The lowest BCUT2D eigenvalue weighted by Gasteiger charge is -2.21. The lowest BCUT2D eigenvalue weighted by molar-refractivity contribution is 0.0215. The van der Waals surface area contributed by atoms with Crippen molar-refractivity contribution in [3.63, 3.8) is 0 Å². The second kappa shape index (κ2) is 7.02. The fourth-order valence-electron chi connectivity index (χ4n) is 1.40. The van der Waals surface area contributed by atoms with Gasteiger partial charge in [-0.3, -0.25) is 0 Å². The molecular weight excluding hydrogens is 252 g/mol. The molecule has 0 saturated carbocycles. The zero-order chi connectivity index (χ0) is 11.1. The molecule has 0 N–H and O–H groups in total. The van der Waals surface area contributed by atoms with E-state index in [0.29, 0.717) is 18.6 Å². The summed E-state index contributed by atoms with van der Waals surface area (Å²) < 4.78 is 5.88. The number of alkyl halides is 1. The third kappa shape index (κ3) is 4.35. The summed E-state index contributed by atoms with van der Waals surface area (Å²) in [5.74, 6) is 0.605. The number of benzene rings is 1.